The minimum Gasteiger partial charge on any atom is -0.492 e. The minimum atomic E-state index is -4.07. The third kappa shape index (κ3) is 3.07. The first-order valence-corrected chi connectivity index (χ1v) is 8.99. The number of aliphatic hydroxyl groups is 2. The Hall–Kier alpha value is -1.24. The molecule has 5 N–H and O–H groups in total. The highest BCUT2D eigenvalue weighted by Gasteiger charge is 2.47. The van der Waals surface area contributed by atoms with E-state index in [1.807, 2.05) is 0 Å². The van der Waals surface area contributed by atoms with Crippen molar-refractivity contribution < 1.29 is 34.4 Å². The molecule has 0 aliphatic carbocycles. The van der Waals surface area contributed by atoms with E-state index >= 15 is 0 Å². The molecule has 0 bridgehead atoms. The van der Waals surface area contributed by atoms with Gasteiger partial charge in [0.15, 0.2) is 17.4 Å². The Morgan fingerprint density at radius 1 is 1.35 bits per heavy atom. The van der Waals surface area contributed by atoms with Crippen LogP contribution in [0.1, 0.15) is 6.23 Å². The van der Waals surface area contributed by atoms with Gasteiger partial charge in [0.05, 0.1) is 12.9 Å². The second kappa shape index (κ2) is 6.00. The van der Waals surface area contributed by atoms with E-state index in [1.165, 1.54) is 10.9 Å². The normalized spacial score (nSPS) is 28.5. The lowest BCUT2D eigenvalue weighted by atomic mass is 10.1. The lowest BCUT2D eigenvalue weighted by Gasteiger charge is -2.21. The molecule has 13 heteroatoms. The van der Waals surface area contributed by atoms with E-state index in [2.05, 4.69) is 26.8 Å². The fourth-order valence-electron chi connectivity index (χ4n) is 2.41. The van der Waals surface area contributed by atoms with Gasteiger partial charge in [-0.05, 0) is 11.8 Å². The number of rotatable bonds is 4. The average Bonchev–Trinajstić information content (AvgIpc) is 3.01. The maximum Gasteiger partial charge on any atom is 0.322 e. The van der Waals surface area contributed by atoms with Crippen LogP contribution in [0.5, 0.6) is 5.88 Å². The summed E-state index contributed by atoms with van der Waals surface area (Å²) in [6.07, 6.45) is -2.39. The second-order valence-electron chi connectivity index (χ2n) is 4.82. The van der Waals surface area contributed by atoms with E-state index in [-0.39, 0.29) is 17.0 Å². The second-order valence-corrected chi connectivity index (χ2v) is 7.44. The van der Waals surface area contributed by atoms with Crippen LogP contribution in [0.2, 0.25) is 0 Å². The topological polar surface area (TPSA) is 163 Å². The number of imidazole rings is 1. The first-order valence-electron chi connectivity index (χ1n) is 6.36. The molecule has 1 fully saturated rings. The summed E-state index contributed by atoms with van der Waals surface area (Å²) >= 11 is 4.39. The van der Waals surface area contributed by atoms with Crippen LogP contribution in [0, 0.1) is 0 Å². The first-order chi connectivity index (χ1) is 10.8. The maximum absolute atomic E-state index is 10.3. The summed E-state index contributed by atoms with van der Waals surface area (Å²) in [6.45, 7) is -4.61. The highest BCUT2D eigenvalue weighted by Crippen LogP contribution is 2.44. The molecule has 0 saturated carbocycles. The van der Waals surface area contributed by atoms with Crippen LogP contribution in [0.15, 0.2) is 12.7 Å². The van der Waals surface area contributed by atoms with Crippen molar-refractivity contribution in [2.24, 2.45) is 0 Å². The summed E-state index contributed by atoms with van der Waals surface area (Å²) in [5.74, 6) is -0.339. The molecule has 11 nitrogen and oxygen atoms in total. The van der Waals surface area contributed by atoms with Crippen LogP contribution >= 0.6 is 6.72 Å². The number of hydrogen-bond acceptors (Lipinski definition) is 9. The van der Waals surface area contributed by atoms with Crippen molar-refractivity contribution >= 4 is 29.7 Å². The van der Waals surface area contributed by atoms with Gasteiger partial charge in [-0.3, -0.25) is 9.09 Å². The van der Waals surface area contributed by atoms with Crippen LogP contribution in [0.3, 0.4) is 0 Å². The predicted molar refractivity (Wildman–Crippen MR) is 77.6 cm³/mol. The average molecular weight is 364 g/mol. The molecule has 126 valence electrons. The van der Waals surface area contributed by atoms with Gasteiger partial charge in [0.25, 0.3) is 0 Å². The van der Waals surface area contributed by atoms with Gasteiger partial charge in [-0.2, -0.15) is 4.98 Å². The highest BCUT2D eigenvalue weighted by molar-refractivity contribution is 8.06. The molecule has 3 heterocycles. The fourth-order valence-corrected chi connectivity index (χ4v) is 3.29. The number of aliphatic hydroxyl groups excluding tert-OH is 2. The number of aromatic hydroxyl groups is 1. The van der Waals surface area contributed by atoms with Crippen molar-refractivity contribution in [2.45, 2.75) is 24.5 Å². The monoisotopic (exact) mass is 364 g/mol. The molecule has 0 amide bonds. The zero-order chi connectivity index (χ0) is 16.8. The van der Waals surface area contributed by atoms with Gasteiger partial charge in [0.1, 0.15) is 24.6 Å². The molecule has 23 heavy (non-hydrogen) atoms. The number of nitrogens with zero attached hydrogens (tertiary/aromatic N) is 4. The van der Waals surface area contributed by atoms with Gasteiger partial charge in [0.2, 0.25) is 5.88 Å². The third-order valence-electron chi connectivity index (χ3n) is 3.36. The van der Waals surface area contributed by atoms with E-state index in [0.29, 0.717) is 0 Å². The highest BCUT2D eigenvalue weighted by atomic mass is 32.5. The van der Waals surface area contributed by atoms with Gasteiger partial charge >= 0.3 is 6.72 Å². The molecule has 0 aromatic carbocycles. The van der Waals surface area contributed by atoms with Gasteiger partial charge < -0.3 is 29.8 Å². The summed E-state index contributed by atoms with van der Waals surface area (Å²) in [4.78, 5) is 30.0. The van der Waals surface area contributed by atoms with E-state index in [1.54, 1.807) is 0 Å². The molecular weight excluding hydrogens is 351 g/mol. The lowest BCUT2D eigenvalue weighted by molar-refractivity contribution is -0.0506. The quantitative estimate of drug-likeness (QED) is 0.396. The molecule has 0 radical (unpaired) electrons. The molecule has 3 rings (SSSR count). The van der Waals surface area contributed by atoms with Crippen LogP contribution < -0.4 is 0 Å². The van der Waals surface area contributed by atoms with Crippen molar-refractivity contribution in [1.82, 2.24) is 19.5 Å². The number of ether oxygens (including phenoxy) is 1. The summed E-state index contributed by atoms with van der Waals surface area (Å²) in [5, 5.41) is 29.3. The molecule has 0 spiro atoms. The Balaban J connectivity index is 1.96. The molecule has 2 aromatic rings. The van der Waals surface area contributed by atoms with Gasteiger partial charge in [-0.25, -0.2) is 9.97 Å². The molecular formula is C10H13N4O7PS. The zero-order valence-electron chi connectivity index (χ0n) is 11.4. The Labute approximate surface area is 134 Å². The summed E-state index contributed by atoms with van der Waals surface area (Å²) in [6, 6.07) is 0. The molecule has 0 unspecified atom stereocenters. The Bertz CT molecular complexity index is 767. The van der Waals surface area contributed by atoms with E-state index in [4.69, 9.17) is 9.26 Å². The zero-order valence-corrected chi connectivity index (χ0v) is 13.1. The molecule has 2 aromatic heterocycles. The standard InChI is InChI=1S/C10H13N4O7PS/c15-1-4-7(21-22(18,19)23)6(16)10(20-4)14-3-13-5-8(14)11-2-12-9(5)17/h2-4,6-7,10,15-16H,1H2,(H,11,12,17)(H2,18,19,23)/t4-,6-,7-,10-/m1/s1. The fraction of sp³-hybridized carbons (Fsp3) is 0.500. The Kier molecular flexibility index (Phi) is 4.33. The molecule has 1 aliphatic heterocycles. The molecule has 1 saturated heterocycles. The van der Waals surface area contributed by atoms with Crippen LogP contribution in [0.4, 0.5) is 0 Å². The van der Waals surface area contributed by atoms with Crippen molar-refractivity contribution in [3.05, 3.63) is 12.7 Å². The van der Waals surface area contributed by atoms with Crippen molar-refractivity contribution in [2.75, 3.05) is 6.61 Å². The van der Waals surface area contributed by atoms with Gasteiger partial charge in [-0.1, -0.05) is 0 Å². The molecule has 1 aliphatic rings. The van der Waals surface area contributed by atoms with Gasteiger partial charge in [-0.15, -0.1) is 0 Å². The Morgan fingerprint density at radius 2 is 2.09 bits per heavy atom. The number of aromatic nitrogens is 4. The van der Waals surface area contributed by atoms with E-state index in [9.17, 15) is 25.1 Å². The first kappa shape index (κ1) is 16.6. The minimum absolute atomic E-state index is 0.0997. The van der Waals surface area contributed by atoms with Crippen LogP contribution in [-0.4, -0.2) is 69.5 Å². The van der Waals surface area contributed by atoms with Gasteiger partial charge in [0, 0.05) is 0 Å². The van der Waals surface area contributed by atoms with Crippen molar-refractivity contribution in [3.8, 4) is 5.88 Å². The van der Waals surface area contributed by atoms with E-state index in [0.717, 1.165) is 6.33 Å². The van der Waals surface area contributed by atoms with Crippen LogP contribution in [0.25, 0.3) is 11.2 Å². The number of hydrogen-bond donors (Lipinski definition) is 5. The SMILES string of the molecule is OC[C@H]1O[C@@H](n2cnc3c(O)ncnc32)[C@H](O)[C@@H]1OP(O)(O)=S. The van der Waals surface area contributed by atoms with Crippen LogP contribution in [-0.2, 0) is 21.1 Å². The number of fused-ring (bicyclic) bond motifs is 1. The van der Waals surface area contributed by atoms with E-state index < -0.39 is 37.9 Å². The molecule has 4 atom stereocenters. The Morgan fingerprint density at radius 3 is 2.74 bits per heavy atom. The van der Waals surface area contributed by atoms with Crippen molar-refractivity contribution in [1.29, 1.82) is 0 Å². The van der Waals surface area contributed by atoms with Crippen molar-refractivity contribution in [3.63, 3.8) is 0 Å². The third-order valence-corrected chi connectivity index (χ3v) is 4.14. The maximum atomic E-state index is 10.3. The largest absolute Gasteiger partial charge is 0.492 e. The summed E-state index contributed by atoms with van der Waals surface area (Å²) < 4.78 is 11.7. The smallest absolute Gasteiger partial charge is 0.322 e. The summed E-state index contributed by atoms with van der Waals surface area (Å²) in [5.41, 5.74) is 0.286. The lowest BCUT2D eigenvalue weighted by Crippen LogP contribution is -2.35. The predicted octanol–water partition coefficient (Wildman–Crippen LogP) is -1.62. The summed E-state index contributed by atoms with van der Waals surface area (Å²) in [7, 11) is 0.